The molecule has 3 aromatic rings. The van der Waals surface area contributed by atoms with Crippen molar-refractivity contribution in [1.29, 1.82) is 0 Å². The van der Waals surface area contributed by atoms with Crippen LogP contribution >= 0.6 is 0 Å². The third-order valence-corrected chi connectivity index (χ3v) is 2.96. The molecule has 0 saturated heterocycles. The lowest BCUT2D eigenvalue weighted by molar-refractivity contribution is 0.274. The Morgan fingerprint density at radius 1 is 1.05 bits per heavy atom. The third kappa shape index (κ3) is 2.55. The fourth-order valence-corrected chi connectivity index (χ4v) is 1.93. The van der Waals surface area contributed by atoms with Crippen LogP contribution in [0.4, 0.5) is 0 Å². The number of hydrogen-bond donors (Lipinski definition) is 1. The maximum atomic E-state index is 9.38. The molecule has 2 aromatic carbocycles. The van der Waals surface area contributed by atoms with E-state index in [1.165, 1.54) is 5.56 Å². The maximum Gasteiger partial charge on any atom is 0.146 e. The average Bonchev–Trinajstić information content (AvgIpc) is 2.80. The van der Waals surface area contributed by atoms with Gasteiger partial charge in [-0.25, -0.2) is 0 Å². The second-order valence-corrected chi connectivity index (χ2v) is 4.54. The van der Waals surface area contributed by atoms with Gasteiger partial charge in [0.05, 0.1) is 0 Å². The molecule has 1 heterocycles. The Morgan fingerprint density at radius 3 is 2.63 bits per heavy atom. The molecule has 0 aliphatic heterocycles. The van der Waals surface area contributed by atoms with Crippen molar-refractivity contribution >= 4 is 11.0 Å². The molecule has 0 atom stereocenters. The number of aryl methyl sites for hydroxylation is 1. The molecule has 0 saturated carbocycles. The molecule has 1 aromatic heterocycles. The minimum atomic E-state index is 0.202. The molecule has 1 N–H and O–H groups in total. The van der Waals surface area contributed by atoms with E-state index < -0.39 is 0 Å². The van der Waals surface area contributed by atoms with Gasteiger partial charge in [0, 0.05) is 11.5 Å². The van der Waals surface area contributed by atoms with Crippen molar-refractivity contribution in [3.8, 4) is 11.5 Å². The zero-order chi connectivity index (χ0) is 13.2. The number of rotatable bonds is 3. The van der Waals surface area contributed by atoms with Crippen LogP contribution in [-0.2, 0) is 6.61 Å². The molecule has 96 valence electrons. The second-order valence-electron chi connectivity index (χ2n) is 4.54. The van der Waals surface area contributed by atoms with E-state index in [9.17, 15) is 5.11 Å². The monoisotopic (exact) mass is 254 g/mol. The molecule has 0 aliphatic rings. The summed E-state index contributed by atoms with van der Waals surface area (Å²) < 4.78 is 11.3. The standard InChI is InChI=1S/C16H14O3/c1-11-2-6-14(7-3-11)18-10-15-8-12-4-5-13(17)9-16(12)19-15/h2-9,17H,10H2,1H3. The highest BCUT2D eigenvalue weighted by atomic mass is 16.5. The Bertz CT molecular complexity index is 696. The summed E-state index contributed by atoms with van der Waals surface area (Å²) >= 11 is 0. The highest BCUT2D eigenvalue weighted by Gasteiger charge is 2.05. The maximum absolute atomic E-state index is 9.38. The normalized spacial score (nSPS) is 10.8. The number of phenolic OH excluding ortho intramolecular Hbond substituents is 1. The molecule has 0 amide bonds. The van der Waals surface area contributed by atoms with E-state index in [2.05, 4.69) is 0 Å². The first-order chi connectivity index (χ1) is 9.20. The summed E-state index contributed by atoms with van der Waals surface area (Å²) in [5.41, 5.74) is 1.87. The molecular weight excluding hydrogens is 240 g/mol. The third-order valence-electron chi connectivity index (χ3n) is 2.96. The Hall–Kier alpha value is -2.42. The average molecular weight is 254 g/mol. The number of ether oxygens (including phenoxy) is 1. The van der Waals surface area contributed by atoms with Crippen LogP contribution in [-0.4, -0.2) is 5.11 Å². The zero-order valence-electron chi connectivity index (χ0n) is 10.6. The van der Waals surface area contributed by atoms with Crippen LogP contribution in [0.2, 0.25) is 0 Å². The Balaban J connectivity index is 1.76. The zero-order valence-corrected chi connectivity index (χ0v) is 10.6. The minimum absolute atomic E-state index is 0.202. The largest absolute Gasteiger partial charge is 0.508 e. The summed E-state index contributed by atoms with van der Waals surface area (Å²) in [6.45, 7) is 2.41. The summed E-state index contributed by atoms with van der Waals surface area (Å²) in [6.07, 6.45) is 0. The fourth-order valence-electron chi connectivity index (χ4n) is 1.93. The number of phenols is 1. The molecule has 0 bridgehead atoms. The van der Waals surface area contributed by atoms with Crippen molar-refractivity contribution in [3.05, 3.63) is 59.9 Å². The van der Waals surface area contributed by atoms with E-state index in [-0.39, 0.29) is 5.75 Å². The minimum Gasteiger partial charge on any atom is -0.508 e. The molecule has 3 heteroatoms. The van der Waals surface area contributed by atoms with E-state index in [1.807, 2.05) is 43.3 Å². The number of furan rings is 1. The number of benzene rings is 2. The van der Waals surface area contributed by atoms with Crippen molar-refractivity contribution in [2.75, 3.05) is 0 Å². The van der Waals surface area contributed by atoms with E-state index in [1.54, 1.807) is 12.1 Å². The smallest absolute Gasteiger partial charge is 0.146 e. The van der Waals surface area contributed by atoms with Crippen molar-refractivity contribution in [3.63, 3.8) is 0 Å². The molecule has 3 rings (SSSR count). The number of hydrogen-bond acceptors (Lipinski definition) is 3. The first-order valence-corrected chi connectivity index (χ1v) is 6.11. The van der Waals surface area contributed by atoms with Gasteiger partial charge in [0.2, 0.25) is 0 Å². The predicted octanol–water partition coefficient (Wildman–Crippen LogP) is 4.03. The van der Waals surface area contributed by atoms with Gasteiger partial charge in [-0.05, 0) is 37.3 Å². The quantitative estimate of drug-likeness (QED) is 0.767. The molecule has 0 fully saturated rings. The molecule has 3 nitrogen and oxygen atoms in total. The summed E-state index contributed by atoms with van der Waals surface area (Å²) in [5.74, 6) is 1.75. The molecule has 19 heavy (non-hydrogen) atoms. The number of aromatic hydroxyl groups is 1. The predicted molar refractivity (Wildman–Crippen MR) is 73.4 cm³/mol. The van der Waals surface area contributed by atoms with Crippen molar-refractivity contribution in [2.24, 2.45) is 0 Å². The number of fused-ring (bicyclic) bond motifs is 1. The fraction of sp³-hybridized carbons (Fsp3) is 0.125. The Kier molecular flexibility index (Phi) is 2.88. The lowest BCUT2D eigenvalue weighted by Crippen LogP contribution is -1.93. The first-order valence-electron chi connectivity index (χ1n) is 6.11. The van der Waals surface area contributed by atoms with Gasteiger partial charge in [0.25, 0.3) is 0 Å². The van der Waals surface area contributed by atoms with Gasteiger partial charge in [0.1, 0.15) is 29.4 Å². The van der Waals surface area contributed by atoms with Crippen LogP contribution in [0, 0.1) is 6.92 Å². The van der Waals surface area contributed by atoms with Crippen molar-refractivity contribution in [1.82, 2.24) is 0 Å². The van der Waals surface area contributed by atoms with Crippen molar-refractivity contribution in [2.45, 2.75) is 13.5 Å². The molecular formula is C16H14O3. The molecule has 0 spiro atoms. The van der Waals surface area contributed by atoms with E-state index in [0.717, 1.165) is 16.9 Å². The Labute approximate surface area is 111 Å². The van der Waals surface area contributed by atoms with Crippen LogP contribution in [0.15, 0.2) is 52.9 Å². The summed E-state index contributed by atoms with van der Waals surface area (Å²) in [5, 5.41) is 10.3. The van der Waals surface area contributed by atoms with Gasteiger partial charge in [-0.2, -0.15) is 0 Å². The second kappa shape index (κ2) is 4.69. The van der Waals surface area contributed by atoms with E-state index in [4.69, 9.17) is 9.15 Å². The van der Waals surface area contributed by atoms with Crippen LogP contribution in [0.25, 0.3) is 11.0 Å². The molecule has 0 aliphatic carbocycles. The van der Waals surface area contributed by atoms with E-state index >= 15 is 0 Å². The van der Waals surface area contributed by atoms with Crippen molar-refractivity contribution < 1.29 is 14.3 Å². The Morgan fingerprint density at radius 2 is 1.84 bits per heavy atom. The SMILES string of the molecule is Cc1ccc(OCc2cc3ccc(O)cc3o2)cc1. The summed E-state index contributed by atoms with van der Waals surface area (Å²) in [4.78, 5) is 0. The van der Waals surface area contributed by atoms with Gasteiger partial charge in [-0.1, -0.05) is 17.7 Å². The lowest BCUT2D eigenvalue weighted by Gasteiger charge is -2.03. The van der Waals surface area contributed by atoms with Gasteiger partial charge < -0.3 is 14.3 Å². The van der Waals surface area contributed by atoms with Gasteiger partial charge in [0.15, 0.2) is 0 Å². The molecule has 0 radical (unpaired) electrons. The highest BCUT2D eigenvalue weighted by Crippen LogP contribution is 2.24. The molecule has 0 unspecified atom stereocenters. The summed E-state index contributed by atoms with van der Waals surface area (Å²) in [6, 6.07) is 14.9. The van der Waals surface area contributed by atoms with Crippen LogP contribution in [0.1, 0.15) is 11.3 Å². The first kappa shape index (κ1) is 11.7. The van der Waals surface area contributed by atoms with Gasteiger partial charge in [-0.3, -0.25) is 0 Å². The lowest BCUT2D eigenvalue weighted by atomic mass is 10.2. The summed E-state index contributed by atoms with van der Waals surface area (Å²) in [7, 11) is 0. The van der Waals surface area contributed by atoms with E-state index in [0.29, 0.717) is 12.2 Å². The van der Waals surface area contributed by atoms with Gasteiger partial charge >= 0.3 is 0 Å². The van der Waals surface area contributed by atoms with Crippen LogP contribution < -0.4 is 4.74 Å². The van der Waals surface area contributed by atoms with Crippen LogP contribution in [0.5, 0.6) is 11.5 Å². The highest BCUT2D eigenvalue weighted by molar-refractivity contribution is 5.79. The van der Waals surface area contributed by atoms with Gasteiger partial charge in [-0.15, -0.1) is 0 Å². The topological polar surface area (TPSA) is 42.6 Å². The van der Waals surface area contributed by atoms with Crippen LogP contribution in [0.3, 0.4) is 0 Å².